The van der Waals surface area contributed by atoms with Crippen LogP contribution in [0.1, 0.15) is 24.2 Å². The number of hydrogen-bond donors (Lipinski definition) is 0. The molecule has 0 saturated carbocycles. The fourth-order valence-corrected chi connectivity index (χ4v) is 3.88. The van der Waals surface area contributed by atoms with Crippen LogP contribution in [0.25, 0.3) is 5.65 Å². The normalized spacial score (nSPS) is 15.0. The second-order valence-electron chi connectivity index (χ2n) is 8.03. The first-order valence-electron chi connectivity index (χ1n) is 10.9. The van der Waals surface area contributed by atoms with Gasteiger partial charge < -0.3 is 14.4 Å². The molecule has 2 aromatic carbocycles. The number of hydrogen-bond acceptors (Lipinski definition) is 6. The second-order valence-corrected chi connectivity index (χ2v) is 8.03. The van der Waals surface area contributed by atoms with E-state index in [0.717, 1.165) is 34.4 Å². The third kappa shape index (κ3) is 4.90. The molecular formula is C24H22F3N5O2. The molecule has 0 spiro atoms. The van der Waals surface area contributed by atoms with E-state index in [-0.39, 0.29) is 11.8 Å². The van der Waals surface area contributed by atoms with Crippen LogP contribution in [-0.4, -0.2) is 39.0 Å². The van der Waals surface area contributed by atoms with Crippen molar-refractivity contribution in [3.63, 3.8) is 0 Å². The Morgan fingerprint density at radius 2 is 1.56 bits per heavy atom. The van der Waals surface area contributed by atoms with E-state index in [2.05, 4.69) is 15.3 Å². The first-order valence-corrected chi connectivity index (χ1v) is 10.9. The number of aromatic nitrogens is 4. The lowest BCUT2D eigenvalue weighted by atomic mass is 10.1. The molecule has 0 unspecified atom stereocenters. The van der Waals surface area contributed by atoms with E-state index in [1.807, 2.05) is 59.5 Å². The van der Waals surface area contributed by atoms with Crippen molar-refractivity contribution in [2.24, 2.45) is 0 Å². The zero-order valence-electron chi connectivity index (χ0n) is 18.2. The van der Waals surface area contributed by atoms with Gasteiger partial charge in [0.15, 0.2) is 5.65 Å². The maximum absolute atomic E-state index is 13.1. The van der Waals surface area contributed by atoms with E-state index in [9.17, 15) is 13.2 Å². The summed E-state index contributed by atoms with van der Waals surface area (Å²) in [5, 5.41) is 10.9. The summed E-state index contributed by atoms with van der Waals surface area (Å²) in [4.78, 5) is 1.94. The van der Waals surface area contributed by atoms with Gasteiger partial charge in [-0.15, -0.1) is 15.3 Å². The Balaban J connectivity index is 1.16. The van der Waals surface area contributed by atoms with Crippen LogP contribution in [0.4, 0.5) is 19.0 Å². The van der Waals surface area contributed by atoms with Crippen molar-refractivity contribution in [1.29, 1.82) is 0 Å². The highest BCUT2D eigenvalue weighted by Gasteiger charge is 2.38. The topological polar surface area (TPSA) is 64.8 Å². The van der Waals surface area contributed by atoms with E-state index in [4.69, 9.17) is 9.47 Å². The zero-order chi connectivity index (χ0) is 23.5. The smallest absolute Gasteiger partial charge is 0.453 e. The molecule has 1 fully saturated rings. The monoisotopic (exact) mass is 469 g/mol. The minimum atomic E-state index is -4.62. The Morgan fingerprint density at radius 1 is 0.853 bits per heavy atom. The van der Waals surface area contributed by atoms with Gasteiger partial charge in [0.2, 0.25) is 0 Å². The minimum absolute atomic E-state index is 0.0108. The molecule has 34 heavy (non-hydrogen) atoms. The first kappa shape index (κ1) is 22.0. The van der Waals surface area contributed by atoms with E-state index < -0.39 is 12.0 Å². The highest BCUT2D eigenvalue weighted by atomic mass is 19.4. The molecule has 1 aliphatic heterocycles. The molecule has 176 valence electrons. The number of rotatable bonds is 6. The minimum Gasteiger partial charge on any atom is -0.490 e. The molecule has 5 rings (SSSR count). The van der Waals surface area contributed by atoms with Crippen molar-refractivity contribution >= 4 is 11.5 Å². The molecular weight excluding hydrogens is 447 g/mol. The number of fused-ring (bicyclic) bond motifs is 1. The van der Waals surface area contributed by atoms with Gasteiger partial charge in [0.1, 0.15) is 30.0 Å². The van der Waals surface area contributed by atoms with Crippen LogP contribution in [0.2, 0.25) is 0 Å². The molecule has 4 aromatic rings. The summed E-state index contributed by atoms with van der Waals surface area (Å²) in [5.41, 5.74) is 1.16. The lowest BCUT2D eigenvalue weighted by Crippen LogP contribution is -2.39. The number of alkyl halides is 3. The summed E-state index contributed by atoms with van der Waals surface area (Å²) in [6, 6.07) is 20.6. The number of anilines is 1. The van der Waals surface area contributed by atoms with Gasteiger partial charge in [-0.25, -0.2) is 0 Å². The molecule has 2 aromatic heterocycles. The van der Waals surface area contributed by atoms with Crippen molar-refractivity contribution in [2.45, 2.75) is 31.7 Å². The Labute approximate surface area is 193 Å². The van der Waals surface area contributed by atoms with E-state index in [1.54, 1.807) is 6.07 Å². The molecule has 7 nitrogen and oxygen atoms in total. The Morgan fingerprint density at radius 3 is 2.26 bits per heavy atom. The van der Waals surface area contributed by atoms with E-state index in [0.29, 0.717) is 25.5 Å². The standard InChI is InChI=1S/C24H22F3N5O2/c25-24(26,27)23-29-28-21-10-11-22(30-32(21)23)31-14-12-20(13-15-31)34-19-8-6-18(7-9-19)33-16-17-4-2-1-3-5-17/h1-11,20H,12-16H2. The molecule has 3 heterocycles. The number of piperidine rings is 1. The average Bonchev–Trinajstić information content (AvgIpc) is 3.29. The highest BCUT2D eigenvalue weighted by Crippen LogP contribution is 2.29. The van der Waals surface area contributed by atoms with Gasteiger partial charge in [-0.05, 0) is 42.0 Å². The van der Waals surface area contributed by atoms with Crippen LogP contribution >= 0.6 is 0 Å². The molecule has 0 N–H and O–H groups in total. The predicted octanol–water partition coefficient (Wildman–Crippen LogP) is 4.77. The van der Waals surface area contributed by atoms with Crippen molar-refractivity contribution in [2.75, 3.05) is 18.0 Å². The molecule has 1 saturated heterocycles. The number of nitrogens with zero attached hydrogens (tertiary/aromatic N) is 5. The van der Waals surface area contributed by atoms with Crippen LogP contribution in [-0.2, 0) is 12.8 Å². The molecule has 0 radical (unpaired) electrons. The molecule has 10 heteroatoms. The lowest BCUT2D eigenvalue weighted by Gasteiger charge is -2.32. The third-order valence-corrected chi connectivity index (χ3v) is 5.64. The molecule has 0 atom stereocenters. The van der Waals surface area contributed by atoms with Crippen LogP contribution in [0, 0.1) is 0 Å². The van der Waals surface area contributed by atoms with Crippen molar-refractivity contribution in [1.82, 2.24) is 19.8 Å². The van der Waals surface area contributed by atoms with Gasteiger partial charge in [-0.2, -0.15) is 17.7 Å². The van der Waals surface area contributed by atoms with Gasteiger partial charge in [0, 0.05) is 25.9 Å². The van der Waals surface area contributed by atoms with Crippen LogP contribution in [0.3, 0.4) is 0 Å². The summed E-state index contributed by atoms with van der Waals surface area (Å²) in [7, 11) is 0. The molecule has 1 aliphatic rings. The fraction of sp³-hybridized carbons (Fsp3) is 0.292. The largest absolute Gasteiger partial charge is 0.490 e. The van der Waals surface area contributed by atoms with Gasteiger partial charge in [-0.3, -0.25) is 0 Å². The van der Waals surface area contributed by atoms with Crippen LogP contribution in [0.15, 0.2) is 66.7 Å². The van der Waals surface area contributed by atoms with Gasteiger partial charge in [0.05, 0.1) is 0 Å². The van der Waals surface area contributed by atoms with Crippen LogP contribution < -0.4 is 14.4 Å². The SMILES string of the molecule is FC(F)(F)c1nnc2ccc(N3CCC(Oc4ccc(OCc5ccccc5)cc4)CC3)nn12. The summed E-state index contributed by atoms with van der Waals surface area (Å²) in [5.74, 6) is 0.846. The molecule has 0 amide bonds. The van der Waals surface area contributed by atoms with Gasteiger partial charge in [0.25, 0.3) is 5.82 Å². The average molecular weight is 469 g/mol. The first-order chi connectivity index (χ1) is 16.5. The number of ether oxygens (including phenoxy) is 2. The Bertz CT molecular complexity index is 1240. The van der Waals surface area contributed by atoms with E-state index >= 15 is 0 Å². The maximum Gasteiger partial charge on any atom is 0.453 e. The summed E-state index contributed by atoms with van der Waals surface area (Å²) >= 11 is 0. The van der Waals surface area contributed by atoms with Crippen molar-refractivity contribution in [3.8, 4) is 11.5 Å². The summed E-state index contributed by atoms with van der Waals surface area (Å²) < 4.78 is 52.0. The third-order valence-electron chi connectivity index (χ3n) is 5.64. The number of benzene rings is 2. The van der Waals surface area contributed by atoms with E-state index in [1.165, 1.54) is 6.07 Å². The quantitative estimate of drug-likeness (QED) is 0.405. The van der Waals surface area contributed by atoms with Gasteiger partial charge >= 0.3 is 6.18 Å². The fourth-order valence-electron chi connectivity index (χ4n) is 3.88. The lowest BCUT2D eigenvalue weighted by molar-refractivity contribution is -0.146. The summed E-state index contributed by atoms with van der Waals surface area (Å²) in [6.07, 6.45) is -3.16. The zero-order valence-corrected chi connectivity index (χ0v) is 18.2. The molecule has 0 bridgehead atoms. The highest BCUT2D eigenvalue weighted by molar-refractivity contribution is 5.46. The molecule has 0 aliphatic carbocycles. The van der Waals surface area contributed by atoms with Crippen molar-refractivity contribution in [3.05, 3.63) is 78.1 Å². The summed E-state index contributed by atoms with van der Waals surface area (Å²) in [6.45, 7) is 1.73. The predicted molar refractivity (Wildman–Crippen MR) is 119 cm³/mol. The second kappa shape index (κ2) is 9.20. The van der Waals surface area contributed by atoms with Crippen molar-refractivity contribution < 1.29 is 22.6 Å². The Kier molecular flexibility index (Phi) is 5.95. The number of halogens is 3. The van der Waals surface area contributed by atoms with Gasteiger partial charge in [-0.1, -0.05) is 30.3 Å². The Hall–Kier alpha value is -3.82. The maximum atomic E-state index is 13.1. The van der Waals surface area contributed by atoms with Crippen LogP contribution in [0.5, 0.6) is 11.5 Å².